The van der Waals surface area contributed by atoms with Crippen molar-refractivity contribution < 1.29 is 14.7 Å². The first-order valence-electron chi connectivity index (χ1n) is 5.65. The van der Waals surface area contributed by atoms with Crippen molar-refractivity contribution in [3.8, 4) is 0 Å². The maximum Gasteiger partial charge on any atom is 0.326 e. The van der Waals surface area contributed by atoms with Crippen LogP contribution in [0.25, 0.3) is 0 Å². The Kier molecular flexibility index (Phi) is 5.81. The number of carbonyl (C=O) groups is 2. The van der Waals surface area contributed by atoms with Crippen LogP contribution in [0, 0.1) is 5.92 Å². The van der Waals surface area contributed by atoms with E-state index in [1.54, 1.807) is 0 Å². The fraction of sp³-hybridized carbons (Fsp3) is 0.500. The number of thiophene rings is 1. The van der Waals surface area contributed by atoms with Crippen LogP contribution in [0.2, 0.25) is 0 Å². The standard InChI is InChI=1S/C12H16BrNO3S/c1-7(2)5-9(12(16)17)14-11(15)6-8-3-4-10(13)18-8/h3-4,7,9H,5-6H2,1-2H3,(H,14,15)(H,16,17)/t9-/m1/s1. The minimum atomic E-state index is -0.982. The van der Waals surface area contributed by atoms with E-state index in [4.69, 9.17) is 5.11 Å². The van der Waals surface area contributed by atoms with Crippen molar-refractivity contribution in [1.82, 2.24) is 5.32 Å². The molecule has 1 amide bonds. The van der Waals surface area contributed by atoms with Gasteiger partial charge < -0.3 is 10.4 Å². The van der Waals surface area contributed by atoms with E-state index in [2.05, 4.69) is 21.2 Å². The molecule has 0 bridgehead atoms. The quantitative estimate of drug-likeness (QED) is 0.841. The number of amides is 1. The third-order valence-corrected chi connectivity index (χ3v) is 3.93. The van der Waals surface area contributed by atoms with Gasteiger partial charge in [0, 0.05) is 4.88 Å². The summed E-state index contributed by atoms with van der Waals surface area (Å²) in [5.74, 6) is -1.01. The van der Waals surface area contributed by atoms with E-state index in [1.807, 2.05) is 26.0 Å². The van der Waals surface area contributed by atoms with Crippen LogP contribution >= 0.6 is 27.3 Å². The summed E-state index contributed by atoms with van der Waals surface area (Å²) in [6.07, 6.45) is 0.660. The van der Waals surface area contributed by atoms with Crippen LogP contribution in [-0.4, -0.2) is 23.0 Å². The van der Waals surface area contributed by atoms with Crippen molar-refractivity contribution >= 4 is 39.1 Å². The number of halogens is 1. The molecule has 18 heavy (non-hydrogen) atoms. The maximum atomic E-state index is 11.7. The molecule has 6 heteroatoms. The summed E-state index contributed by atoms with van der Waals surface area (Å²) in [5.41, 5.74) is 0. The van der Waals surface area contributed by atoms with Crippen LogP contribution in [0.4, 0.5) is 0 Å². The summed E-state index contributed by atoms with van der Waals surface area (Å²) in [5, 5.41) is 11.6. The van der Waals surface area contributed by atoms with Gasteiger partial charge in [-0.15, -0.1) is 11.3 Å². The third-order valence-electron chi connectivity index (χ3n) is 2.30. The Bertz CT molecular complexity index is 431. The molecule has 0 aliphatic heterocycles. The minimum Gasteiger partial charge on any atom is -0.480 e. The smallest absolute Gasteiger partial charge is 0.326 e. The van der Waals surface area contributed by atoms with Gasteiger partial charge in [-0.2, -0.15) is 0 Å². The molecule has 1 heterocycles. The maximum absolute atomic E-state index is 11.7. The van der Waals surface area contributed by atoms with Crippen LogP contribution < -0.4 is 5.32 Å². The number of nitrogens with one attached hydrogen (secondary N) is 1. The van der Waals surface area contributed by atoms with Gasteiger partial charge in [-0.3, -0.25) is 4.79 Å². The van der Waals surface area contributed by atoms with Crippen molar-refractivity contribution in [2.75, 3.05) is 0 Å². The van der Waals surface area contributed by atoms with Gasteiger partial charge in [-0.05, 0) is 40.4 Å². The van der Waals surface area contributed by atoms with Crippen molar-refractivity contribution in [3.05, 3.63) is 20.8 Å². The topological polar surface area (TPSA) is 66.4 Å². The number of rotatable bonds is 6. The molecule has 100 valence electrons. The number of aliphatic carboxylic acids is 1. The molecule has 0 saturated heterocycles. The van der Waals surface area contributed by atoms with E-state index < -0.39 is 12.0 Å². The van der Waals surface area contributed by atoms with Gasteiger partial charge in [-0.1, -0.05) is 13.8 Å². The van der Waals surface area contributed by atoms with E-state index in [0.29, 0.717) is 6.42 Å². The molecular weight excluding hydrogens is 318 g/mol. The second-order valence-electron chi connectivity index (χ2n) is 4.47. The molecule has 0 spiro atoms. The molecule has 0 aromatic carbocycles. The lowest BCUT2D eigenvalue weighted by Gasteiger charge is -2.16. The summed E-state index contributed by atoms with van der Waals surface area (Å²) < 4.78 is 0.960. The Balaban J connectivity index is 2.53. The number of carboxylic acid groups (broad SMARTS) is 1. The zero-order valence-electron chi connectivity index (χ0n) is 10.3. The van der Waals surface area contributed by atoms with Gasteiger partial charge >= 0.3 is 5.97 Å². The van der Waals surface area contributed by atoms with Crippen LogP contribution in [0.15, 0.2) is 15.9 Å². The largest absolute Gasteiger partial charge is 0.480 e. The summed E-state index contributed by atoms with van der Waals surface area (Å²) in [7, 11) is 0. The number of hydrogen-bond donors (Lipinski definition) is 2. The summed E-state index contributed by atoms with van der Waals surface area (Å²) in [6.45, 7) is 3.86. The number of hydrogen-bond acceptors (Lipinski definition) is 3. The minimum absolute atomic E-state index is 0.220. The Hall–Kier alpha value is -0.880. The molecule has 0 aliphatic rings. The monoisotopic (exact) mass is 333 g/mol. The highest BCUT2D eigenvalue weighted by Crippen LogP contribution is 2.22. The highest BCUT2D eigenvalue weighted by atomic mass is 79.9. The normalized spacial score (nSPS) is 12.4. The predicted molar refractivity (Wildman–Crippen MR) is 74.7 cm³/mol. The highest BCUT2D eigenvalue weighted by Gasteiger charge is 2.21. The van der Waals surface area contributed by atoms with Crippen LogP contribution in [0.1, 0.15) is 25.1 Å². The molecule has 1 aromatic heterocycles. The van der Waals surface area contributed by atoms with Gasteiger partial charge in [0.2, 0.25) is 5.91 Å². The van der Waals surface area contributed by atoms with Crippen molar-refractivity contribution in [1.29, 1.82) is 0 Å². The number of carbonyl (C=O) groups excluding carboxylic acids is 1. The SMILES string of the molecule is CC(C)C[C@@H](NC(=O)Cc1ccc(Br)s1)C(=O)O. The lowest BCUT2D eigenvalue weighted by molar-refractivity contribution is -0.142. The number of carboxylic acids is 1. The zero-order valence-corrected chi connectivity index (χ0v) is 12.7. The molecule has 1 rings (SSSR count). The predicted octanol–water partition coefficient (Wildman–Crippen LogP) is 2.67. The first-order valence-corrected chi connectivity index (χ1v) is 7.25. The van der Waals surface area contributed by atoms with Gasteiger partial charge in [0.1, 0.15) is 6.04 Å². The molecule has 1 aromatic rings. The summed E-state index contributed by atoms with van der Waals surface area (Å²) in [6, 6.07) is 2.92. The van der Waals surface area contributed by atoms with Crippen LogP contribution in [-0.2, 0) is 16.0 Å². The molecule has 0 aliphatic carbocycles. The van der Waals surface area contributed by atoms with E-state index in [1.165, 1.54) is 11.3 Å². The first kappa shape index (κ1) is 15.2. The average molecular weight is 334 g/mol. The van der Waals surface area contributed by atoms with Gasteiger partial charge in [-0.25, -0.2) is 4.79 Å². The van der Waals surface area contributed by atoms with E-state index >= 15 is 0 Å². The van der Waals surface area contributed by atoms with Crippen molar-refractivity contribution in [3.63, 3.8) is 0 Å². The second kappa shape index (κ2) is 6.89. The lowest BCUT2D eigenvalue weighted by atomic mass is 10.0. The molecule has 0 saturated carbocycles. The summed E-state index contributed by atoms with van der Waals surface area (Å²) in [4.78, 5) is 23.7. The van der Waals surface area contributed by atoms with Crippen molar-refractivity contribution in [2.24, 2.45) is 5.92 Å². The first-order chi connectivity index (χ1) is 8.38. The molecule has 0 radical (unpaired) electrons. The molecule has 0 unspecified atom stereocenters. The van der Waals surface area contributed by atoms with E-state index in [0.717, 1.165) is 8.66 Å². The molecule has 0 fully saturated rings. The fourth-order valence-corrected chi connectivity index (χ4v) is 3.03. The Morgan fingerprint density at radius 1 is 1.44 bits per heavy atom. The second-order valence-corrected chi connectivity index (χ2v) is 7.02. The van der Waals surface area contributed by atoms with E-state index in [9.17, 15) is 9.59 Å². The molecule has 4 nitrogen and oxygen atoms in total. The average Bonchev–Trinajstić information content (AvgIpc) is 2.62. The Labute approximate surface area is 119 Å². The zero-order chi connectivity index (χ0) is 13.7. The van der Waals surface area contributed by atoms with Crippen molar-refractivity contribution in [2.45, 2.75) is 32.7 Å². The Morgan fingerprint density at radius 3 is 2.56 bits per heavy atom. The molecule has 2 N–H and O–H groups in total. The van der Waals surface area contributed by atoms with Crippen LogP contribution in [0.3, 0.4) is 0 Å². The highest BCUT2D eigenvalue weighted by molar-refractivity contribution is 9.11. The van der Waals surface area contributed by atoms with Gasteiger partial charge in [0.05, 0.1) is 10.2 Å². The fourth-order valence-electron chi connectivity index (χ4n) is 1.54. The third kappa shape index (κ3) is 5.18. The Morgan fingerprint density at radius 2 is 2.11 bits per heavy atom. The molecular formula is C12H16BrNO3S. The summed E-state index contributed by atoms with van der Waals surface area (Å²) >= 11 is 4.80. The lowest BCUT2D eigenvalue weighted by Crippen LogP contribution is -2.42. The van der Waals surface area contributed by atoms with E-state index in [-0.39, 0.29) is 18.2 Å². The van der Waals surface area contributed by atoms with Gasteiger partial charge in [0.25, 0.3) is 0 Å². The molecule has 1 atom stereocenters. The van der Waals surface area contributed by atoms with Crippen LogP contribution in [0.5, 0.6) is 0 Å². The van der Waals surface area contributed by atoms with Gasteiger partial charge in [0.15, 0.2) is 0 Å².